The molecule has 196 valence electrons. The first-order valence-corrected chi connectivity index (χ1v) is 13.4. The molecule has 3 N–H and O–H groups in total. The summed E-state index contributed by atoms with van der Waals surface area (Å²) in [6.45, 7) is 3.57. The van der Waals surface area contributed by atoms with Gasteiger partial charge in [0.2, 0.25) is 0 Å². The van der Waals surface area contributed by atoms with Crippen LogP contribution in [0.1, 0.15) is 22.8 Å². The molecule has 1 amide bonds. The molecule has 38 heavy (non-hydrogen) atoms. The van der Waals surface area contributed by atoms with Gasteiger partial charge in [0.25, 0.3) is 16.0 Å². The lowest BCUT2D eigenvalue weighted by Crippen LogP contribution is -2.13. The average Bonchev–Trinajstić information content (AvgIpc) is 2.83. The molecule has 4 aromatic carbocycles. The van der Waals surface area contributed by atoms with Gasteiger partial charge < -0.3 is 15.2 Å². The first-order chi connectivity index (χ1) is 18.0. The number of carbonyl (C=O) groups excluding carboxylic acids is 1. The van der Waals surface area contributed by atoms with Crippen molar-refractivity contribution in [1.29, 1.82) is 0 Å². The number of aromatic hydroxyl groups is 1. The number of fused-ring (bicyclic) bond motifs is 1. The highest BCUT2D eigenvalue weighted by molar-refractivity contribution is 7.86. The Kier molecular flexibility index (Phi) is 7.89. The Morgan fingerprint density at radius 2 is 1.76 bits per heavy atom. The maximum atomic E-state index is 13.3. The van der Waals surface area contributed by atoms with E-state index in [2.05, 4.69) is 15.5 Å². The van der Waals surface area contributed by atoms with Crippen molar-refractivity contribution in [1.82, 2.24) is 0 Å². The zero-order valence-corrected chi connectivity index (χ0v) is 22.4. The zero-order valence-electron chi connectivity index (χ0n) is 20.1. The van der Waals surface area contributed by atoms with E-state index < -0.39 is 26.7 Å². The van der Waals surface area contributed by atoms with Crippen molar-refractivity contribution in [2.24, 2.45) is 10.2 Å². The lowest BCUT2D eigenvalue weighted by Gasteiger charge is -2.14. The number of nitrogens with one attached hydrogen (secondary N) is 1. The van der Waals surface area contributed by atoms with Gasteiger partial charge in [0.1, 0.15) is 22.0 Å². The van der Waals surface area contributed by atoms with Gasteiger partial charge >= 0.3 is 0 Å². The quantitative estimate of drug-likeness (QED) is 0.155. The predicted molar refractivity (Wildman–Crippen MR) is 146 cm³/mol. The van der Waals surface area contributed by atoms with Gasteiger partial charge in [-0.05, 0) is 55.1 Å². The van der Waals surface area contributed by atoms with Crippen LogP contribution in [0.2, 0.25) is 10.0 Å². The van der Waals surface area contributed by atoms with Gasteiger partial charge in [-0.25, -0.2) is 0 Å². The minimum Gasteiger partial charge on any atom is -0.505 e. The molecule has 4 aromatic rings. The van der Waals surface area contributed by atoms with Crippen LogP contribution in [-0.4, -0.2) is 30.6 Å². The summed E-state index contributed by atoms with van der Waals surface area (Å²) in [5.41, 5.74) is 0.0485. The van der Waals surface area contributed by atoms with Crippen LogP contribution in [0.25, 0.3) is 10.8 Å². The van der Waals surface area contributed by atoms with E-state index in [1.807, 2.05) is 0 Å². The molecule has 0 heterocycles. The largest absolute Gasteiger partial charge is 0.505 e. The van der Waals surface area contributed by atoms with Gasteiger partial charge in [0, 0.05) is 21.5 Å². The summed E-state index contributed by atoms with van der Waals surface area (Å²) in [5.74, 6) is -0.808. The first kappa shape index (κ1) is 27.3. The van der Waals surface area contributed by atoms with Crippen molar-refractivity contribution in [3.8, 4) is 11.5 Å². The Morgan fingerprint density at radius 1 is 1.03 bits per heavy atom. The summed E-state index contributed by atoms with van der Waals surface area (Å²) in [5, 5.41) is 23.5. The summed E-state index contributed by atoms with van der Waals surface area (Å²) < 4.78 is 39.2. The molecule has 0 unspecified atom stereocenters. The number of halogens is 2. The lowest BCUT2D eigenvalue weighted by molar-refractivity contribution is 0.102. The maximum Gasteiger partial charge on any atom is 0.297 e. The van der Waals surface area contributed by atoms with Crippen molar-refractivity contribution in [3.63, 3.8) is 0 Å². The van der Waals surface area contributed by atoms with Crippen LogP contribution in [-0.2, 0) is 10.1 Å². The molecule has 4 rings (SSSR count). The fourth-order valence-corrected chi connectivity index (χ4v) is 5.14. The molecule has 0 radical (unpaired) electrons. The van der Waals surface area contributed by atoms with Gasteiger partial charge in [0.05, 0.1) is 17.9 Å². The molecule has 0 saturated carbocycles. The molecule has 9 nitrogen and oxygen atoms in total. The summed E-state index contributed by atoms with van der Waals surface area (Å²) in [6, 6.07) is 15.6. The maximum absolute atomic E-state index is 13.3. The van der Waals surface area contributed by atoms with E-state index >= 15 is 0 Å². The Hall–Kier alpha value is -3.70. The fourth-order valence-electron chi connectivity index (χ4n) is 3.88. The Labute approximate surface area is 228 Å². The highest BCUT2D eigenvalue weighted by atomic mass is 35.5. The Bertz CT molecular complexity index is 1710. The normalized spacial score (nSPS) is 11.7. The van der Waals surface area contributed by atoms with Crippen molar-refractivity contribution < 1.29 is 27.6 Å². The number of azo groups is 1. The van der Waals surface area contributed by atoms with Crippen molar-refractivity contribution in [3.05, 3.63) is 81.8 Å². The van der Waals surface area contributed by atoms with Gasteiger partial charge in [-0.1, -0.05) is 47.5 Å². The number of anilines is 1. The molecule has 0 fully saturated rings. The van der Waals surface area contributed by atoms with Crippen LogP contribution >= 0.6 is 23.2 Å². The molecule has 0 spiro atoms. The number of benzene rings is 4. The smallest absolute Gasteiger partial charge is 0.297 e. The number of amides is 1. The molecule has 12 heteroatoms. The standard InChI is InChI=1S/C26H21Cl2N3O6S/c1-3-37-22-13-16(27)8-9-20(22)29-26(33)19-11-15-6-4-5-7-18(15)23(24(19)32)31-30-21-12-17(28)10-14(2)25(21)38(34,35)36/h4-13,32H,3H2,1-2H3,(H,29,33)(H,34,35,36). The summed E-state index contributed by atoms with van der Waals surface area (Å²) >= 11 is 12.1. The molecule has 0 bridgehead atoms. The van der Waals surface area contributed by atoms with E-state index in [1.54, 1.807) is 49.4 Å². The van der Waals surface area contributed by atoms with E-state index in [4.69, 9.17) is 27.9 Å². The SMILES string of the molecule is CCOc1cc(Cl)ccc1NC(=O)c1cc2ccccc2c(N=Nc2cc(Cl)cc(C)c2S(=O)(=O)O)c1O. The minimum atomic E-state index is -4.67. The van der Waals surface area contributed by atoms with E-state index in [1.165, 1.54) is 25.1 Å². The molecule has 0 saturated heterocycles. The number of hydrogen-bond donors (Lipinski definition) is 3. The van der Waals surface area contributed by atoms with Crippen LogP contribution in [0, 0.1) is 6.92 Å². The molecule has 0 aromatic heterocycles. The molecule has 0 aliphatic carbocycles. The number of rotatable bonds is 7. The third-order valence-corrected chi connectivity index (χ3v) is 6.97. The third kappa shape index (κ3) is 5.73. The van der Waals surface area contributed by atoms with Gasteiger partial charge in [-0.2, -0.15) is 8.42 Å². The monoisotopic (exact) mass is 573 g/mol. The second-order valence-electron chi connectivity index (χ2n) is 8.12. The van der Waals surface area contributed by atoms with Crippen LogP contribution in [0.5, 0.6) is 11.5 Å². The molecular formula is C26H21Cl2N3O6S. The summed E-state index contributed by atoms with van der Waals surface area (Å²) in [4.78, 5) is 12.8. The zero-order chi connectivity index (χ0) is 27.6. The fraction of sp³-hybridized carbons (Fsp3) is 0.115. The van der Waals surface area contributed by atoms with Gasteiger partial charge in [-0.3, -0.25) is 9.35 Å². The summed E-state index contributed by atoms with van der Waals surface area (Å²) in [6.07, 6.45) is 0. The number of phenols is 1. The molecule has 0 aliphatic rings. The van der Waals surface area contributed by atoms with Crippen molar-refractivity contribution in [2.45, 2.75) is 18.7 Å². The molecule has 0 atom stereocenters. The summed E-state index contributed by atoms with van der Waals surface area (Å²) in [7, 11) is -4.67. The number of aryl methyl sites for hydroxylation is 1. The Balaban J connectivity index is 1.84. The number of phenolic OH excluding ortho intramolecular Hbond substituents is 1. The molecule has 0 aliphatic heterocycles. The number of hydrogen-bond acceptors (Lipinski definition) is 7. The van der Waals surface area contributed by atoms with Crippen LogP contribution < -0.4 is 10.1 Å². The van der Waals surface area contributed by atoms with E-state index in [0.717, 1.165) is 0 Å². The number of ether oxygens (including phenoxy) is 1. The topological polar surface area (TPSA) is 138 Å². The van der Waals surface area contributed by atoms with Gasteiger partial charge in [0.15, 0.2) is 5.75 Å². The first-order valence-electron chi connectivity index (χ1n) is 11.2. The highest BCUT2D eigenvalue weighted by Crippen LogP contribution is 2.41. The minimum absolute atomic E-state index is 0.0895. The van der Waals surface area contributed by atoms with Crippen molar-refractivity contribution >= 4 is 67.1 Å². The van der Waals surface area contributed by atoms with Gasteiger partial charge in [-0.15, -0.1) is 10.2 Å². The second kappa shape index (κ2) is 11.0. The lowest BCUT2D eigenvalue weighted by atomic mass is 10.0. The Morgan fingerprint density at radius 3 is 2.47 bits per heavy atom. The predicted octanol–water partition coefficient (Wildman–Crippen LogP) is 7.47. The van der Waals surface area contributed by atoms with Crippen LogP contribution in [0.15, 0.2) is 75.8 Å². The van der Waals surface area contributed by atoms with Crippen molar-refractivity contribution in [2.75, 3.05) is 11.9 Å². The van der Waals surface area contributed by atoms with E-state index in [0.29, 0.717) is 33.8 Å². The average molecular weight is 574 g/mol. The third-order valence-electron chi connectivity index (χ3n) is 5.47. The van der Waals surface area contributed by atoms with E-state index in [-0.39, 0.29) is 27.5 Å². The van der Waals surface area contributed by atoms with E-state index in [9.17, 15) is 22.9 Å². The number of nitrogens with zero attached hydrogens (tertiary/aromatic N) is 2. The molecular weight excluding hydrogens is 553 g/mol. The highest BCUT2D eigenvalue weighted by Gasteiger charge is 2.22. The van der Waals surface area contributed by atoms with Crippen LogP contribution in [0.4, 0.5) is 17.1 Å². The second-order valence-corrected chi connectivity index (χ2v) is 10.3. The van der Waals surface area contributed by atoms with Crippen LogP contribution in [0.3, 0.4) is 0 Å². The number of carbonyl (C=O) groups is 1.